The normalized spacial score (nSPS) is 13.8. The molecule has 1 aliphatic carbocycles. The Balaban J connectivity index is 2.56. The molecule has 0 saturated carbocycles. The zero-order valence-electron chi connectivity index (χ0n) is 8.19. The first kappa shape index (κ1) is 9.22. The fourth-order valence-electron chi connectivity index (χ4n) is 1.55. The second-order valence-corrected chi connectivity index (χ2v) is 10.4. The molecule has 1 aliphatic rings. The molecule has 0 nitrogen and oxygen atoms in total. The van der Waals surface area contributed by atoms with Gasteiger partial charge in [0.25, 0.3) is 0 Å². The van der Waals surface area contributed by atoms with Crippen molar-refractivity contribution in [1.29, 1.82) is 0 Å². The van der Waals surface area contributed by atoms with Crippen LogP contribution in [0.3, 0.4) is 0 Å². The second kappa shape index (κ2) is 2.82. The fourth-order valence-corrected chi connectivity index (χ4v) is 5.07. The van der Waals surface area contributed by atoms with Gasteiger partial charge in [-0.15, -0.1) is 0 Å². The Bertz CT molecular complexity index is 386. The SMILES string of the molecule is C[Si](C)(C)c1cc2c(cc1Br)C=C2. The molecule has 0 aromatic heterocycles. The molecule has 0 amide bonds. The van der Waals surface area contributed by atoms with E-state index in [1.807, 2.05) is 0 Å². The molecule has 0 spiro atoms. The summed E-state index contributed by atoms with van der Waals surface area (Å²) in [5.41, 5.74) is 2.77. The minimum absolute atomic E-state index is 1.18. The molecule has 0 N–H and O–H groups in total. The van der Waals surface area contributed by atoms with Crippen LogP contribution in [-0.2, 0) is 0 Å². The van der Waals surface area contributed by atoms with Crippen LogP contribution in [0.15, 0.2) is 16.6 Å². The zero-order chi connectivity index (χ0) is 9.64. The third-order valence-electron chi connectivity index (χ3n) is 2.42. The van der Waals surface area contributed by atoms with Crippen molar-refractivity contribution in [2.75, 3.05) is 0 Å². The zero-order valence-corrected chi connectivity index (χ0v) is 10.8. The summed E-state index contributed by atoms with van der Waals surface area (Å²) in [6.45, 7) is 7.13. The molecule has 0 atom stereocenters. The van der Waals surface area contributed by atoms with Crippen LogP contribution in [0.2, 0.25) is 19.6 Å². The maximum absolute atomic E-state index is 3.65. The maximum Gasteiger partial charge on any atom is 0.0791 e. The summed E-state index contributed by atoms with van der Waals surface area (Å²) in [5, 5.41) is 1.52. The summed E-state index contributed by atoms with van der Waals surface area (Å²) in [4.78, 5) is 0. The van der Waals surface area contributed by atoms with Crippen LogP contribution in [0.4, 0.5) is 0 Å². The quantitative estimate of drug-likeness (QED) is 0.682. The molecule has 0 unspecified atom stereocenters. The van der Waals surface area contributed by atoms with Crippen LogP contribution in [0.5, 0.6) is 0 Å². The Morgan fingerprint density at radius 2 is 1.54 bits per heavy atom. The summed E-state index contributed by atoms with van der Waals surface area (Å²) in [6.07, 6.45) is 4.35. The molecule has 0 saturated heterocycles. The van der Waals surface area contributed by atoms with Crippen LogP contribution < -0.4 is 5.19 Å². The van der Waals surface area contributed by atoms with Gasteiger partial charge in [-0.25, -0.2) is 0 Å². The lowest BCUT2D eigenvalue weighted by atomic mass is 9.98. The molecule has 0 aliphatic heterocycles. The van der Waals surface area contributed by atoms with Crippen molar-refractivity contribution in [1.82, 2.24) is 0 Å². The van der Waals surface area contributed by atoms with Gasteiger partial charge in [0.1, 0.15) is 0 Å². The van der Waals surface area contributed by atoms with Crippen molar-refractivity contribution in [3.8, 4) is 0 Å². The lowest BCUT2D eigenvalue weighted by Crippen LogP contribution is -2.39. The number of rotatable bonds is 1. The summed E-state index contributed by atoms with van der Waals surface area (Å²) in [6, 6.07) is 4.58. The monoisotopic (exact) mass is 252 g/mol. The number of hydrogen-bond donors (Lipinski definition) is 0. The lowest BCUT2D eigenvalue weighted by molar-refractivity contribution is 1.55. The van der Waals surface area contributed by atoms with Gasteiger partial charge in [-0.05, 0) is 22.4 Å². The van der Waals surface area contributed by atoms with Gasteiger partial charge in [0.05, 0.1) is 8.07 Å². The molecule has 13 heavy (non-hydrogen) atoms. The Morgan fingerprint density at radius 3 is 2.00 bits per heavy atom. The third-order valence-corrected chi connectivity index (χ3v) is 5.47. The first-order valence-electron chi connectivity index (χ1n) is 4.50. The van der Waals surface area contributed by atoms with Crippen LogP contribution in [0.1, 0.15) is 11.1 Å². The highest BCUT2D eigenvalue weighted by atomic mass is 79.9. The Morgan fingerprint density at radius 1 is 1.00 bits per heavy atom. The molecule has 0 fully saturated rings. The molecule has 1 aromatic carbocycles. The molecule has 0 radical (unpaired) electrons. The van der Waals surface area contributed by atoms with Gasteiger partial charge in [-0.2, -0.15) is 0 Å². The summed E-state index contributed by atoms with van der Waals surface area (Å²) >= 11 is 3.65. The maximum atomic E-state index is 3.65. The predicted octanol–water partition coefficient (Wildman–Crippen LogP) is 3.48. The van der Waals surface area contributed by atoms with Gasteiger partial charge in [0.15, 0.2) is 0 Å². The van der Waals surface area contributed by atoms with E-state index in [0.29, 0.717) is 0 Å². The summed E-state index contributed by atoms with van der Waals surface area (Å²) < 4.78 is 1.29. The first-order chi connectivity index (χ1) is 5.98. The van der Waals surface area contributed by atoms with E-state index >= 15 is 0 Å². The highest BCUT2D eigenvalue weighted by molar-refractivity contribution is 9.10. The van der Waals surface area contributed by atoms with E-state index < -0.39 is 8.07 Å². The van der Waals surface area contributed by atoms with E-state index in [9.17, 15) is 0 Å². The molecule has 1 aromatic rings. The predicted molar refractivity (Wildman–Crippen MR) is 66.1 cm³/mol. The first-order valence-corrected chi connectivity index (χ1v) is 8.80. The molecular formula is C11H13BrSi. The van der Waals surface area contributed by atoms with E-state index in [4.69, 9.17) is 0 Å². The molecule has 68 valence electrons. The molecule has 0 heterocycles. The summed E-state index contributed by atoms with van der Waals surface area (Å²) in [5.74, 6) is 0. The average molecular weight is 253 g/mol. The third kappa shape index (κ3) is 1.53. The van der Waals surface area contributed by atoms with Crippen molar-refractivity contribution in [2.45, 2.75) is 19.6 Å². The van der Waals surface area contributed by atoms with E-state index in [1.165, 1.54) is 20.8 Å². The van der Waals surface area contributed by atoms with Crippen molar-refractivity contribution >= 4 is 41.3 Å². The van der Waals surface area contributed by atoms with Crippen molar-refractivity contribution in [3.63, 3.8) is 0 Å². The van der Waals surface area contributed by atoms with Crippen molar-refractivity contribution < 1.29 is 0 Å². The molecular weight excluding hydrogens is 240 g/mol. The van der Waals surface area contributed by atoms with E-state index in [1.54, 1.807) is 0 Å². The number of benzene rings is 1. The summed E-state index contributed by atoms with van der Waals surface area (Å²) in [7, 11) is -1.18. The standard InChI is InChI=1S/C11H13BrSi/c1-13(2,3)11-7-9-5-4-8(9)6-10(11)12/h4-7H,1-3H3. The average Bonchev–Trinajstić information content (AvgIpc) is 1.94. The van der Waals surface area contributed by atoms with Crippen LogP contribution >= 0.6 is 15.9 Å². The van der Waals surface area contributed by atoms with E-state index in [-0.39, 0.29) is 0 Å². The van der Waals surface area contributed by atoms with Crippen LogP contribution in [0, 0.1) is 0 Å². The van der Waals surface area contributed by atoms with E-state index in [2.05, 4.69) is 59.9 Å². The minimum Gasteiger partial charge on any atom is -0.0656 e. The van der Waals surface area contributed by atoms with Gasteiger partial charge in [-0.1, -0.05) is 53.8 Å². The Hall–Kier alpha value is -0.343. The second-order valence-electron chi connectivity index (χ2n) is 4.54. The van der Waals surface area contributed by atoms with Gasteiger partial charge < -0.3 is 0 Å². The number of hydrogen-bond acceptors (Lipinski definition) is 0. The highest BCUT2D eigenvalue weighted by Crippen LogP contribution is 2.27. The molecule has 0 bridgehead atoms. The van der Waals surface area contributed by atoms with Gasteiger partial charge in [-0.3, -0.25) is 0 Å². The van der Waals surface area contributed by atoms with Crippen LogP contribution in [0.25, 0.3) is 12.2 Å². The lowest BCUT2D eigenvalue weighted by Gasteiger charge is -2.22. The topological polar surface area (TPSA) is 0 Å². The number of fused-ring (bicyclic) bond motifs is 1. The highest BCUT2D eigenvalue weighted by Gasteiger charge is 2.21. The van der Waals surface area contributed by atoms with Gasteiger partial charge >= 0.3 is 0 Å². The van der Waals surface area contributed by atoms with Crippen LogP contribution in [-0.4, -0.2) is 8.07 Å². The van der Waals surface area contributed by atoms with Gasteiger partial charge in [0, 0.05) is 4.47 Å². The number of halogens is 1. The minimum atomic E-state index is -1.18. The molecule has 2 heteroatoms. The van der Waals surface area contributed by atoms with Gasteiger partial charge in [0.2, 0.25) is 0 Å². The fraction of sp³-hybridized carbons (Fsp3) is 0.273. The Labute approximate surface area is 88.8 Å². The van der Waals surface area contributed by atoms with Crippen molar-refractivity contribution in [3.05, 3.63) is 27.7 Å². The van der Waals surface area contributed by atoms with Crippen molar-refractivity contribution in [2.24, 2.45) is 0 Å². The smallest absolute Gasteiger partial charge is 0.0656 e. The van der Waals surface area contributed by atoms with E-state index in [0.717, 1.165) is 0 Å². The molecule has 2 rings (SSSR count). The Kier molecular flexibility index (Phi) is 2.00. The largest absolute Gasteiger partial charge is 0.0791 e.